The summed E-state index contributed by atoms with van der Waals surface area (Å²) in [5.41, 5.74) is 3.06. The lowest BCUT2D eigenvalue weighted by Gasteiger charge is -2.38. The lowest BCUT2D eigenvalue weighted by molar-refractivity contribution is -0.0190. The van der Waals surface area contributed by atoms with Gasteiger partial charge in [-0.25, -0.2) is 5.01 Å². The minimum Gasteiger partial charge on any atom is -0.464 e. The van der Waals surface area contributed by atoms with Gasteiger partial charge in [0.05, 0.1) is 12.3 Å². The first-order chi connectivity index (χ1) is 13.2. The maximum Gasteiger partial charge on any atom is 0.213 e. The van der Waals surface area contributed by atoms with Gasteiger partial charge < -0.3 is 9.15 Å². The number of rotatable bonds is 3. The Morgan fingerprint density at radius 1 is 1.15 bits per heavy atom. The molecular formula is C21H17ClN2O2S. The van der Waals surface area contributed by atoms with Gasteiger partial charge in [-0.1, -0.05) is 23.7 Å². The predicted molar refractivity (Wildman–Crippen MR) is 107 cm³/mol. The number of thioether (sulfide) groups is 1. The summed E-state index contributed by atoms with van der Waals surface area (Å²) in [7, 11) is 0. The second-order valence-electron chi connectivity index (χ2n) is 6.55. The smallest absolute Gasteiger partial charge is 0.213 e. The molecule has 3 aromatic rings. The Morgan fingerprint density at radius 2 is 2.00 bits per heavy atom. The van der Waals surface area contributed by atoms with Crippen LogP contribution in [0.2, 0.25) is 5.02 Å². The minimum atomic E-state index is -0.285. The monoisotopic (exact) mass is 396 g/mol. The average molecular weight is 397 g/mol. The van der Waals surface area contributed by atoms with E-state index in [1.807, 2.05) is 35.3 Å². The molecule has 0 bridgehead atoms. The minimum absolute atomic E-state index is 0.0674. The van der Waals surface area contributed by atoms with Crippen LogP contribution in [0, 0.1) is 0 Å². The zero-order valence-electron chi connectivity index (χ0n) is 14.6. The first-order valence-electron chi connectivity index (χ1n) is 8.72. The van der Waals surface area contributed by atoms with Crippen molar-refractivity contribution in [3.05, 3.63) is 82.8 Å². The fourth-order valence-corrected chi connectivity index (χ4v) is 4.23. The largest absolute Gasteiger partial charge is 0.464 e. The summed E-state index contributed by atoms with van der Waals surface area (Å²) >= 11 is 7.98. The van der Waals surface area contributed by atoms with Crippen LogP contribution in [0.15, 0.2) is 75.3 Å². The van der Waals surface area contributed by atoms with Crippen molar-refractivity contribution in [1.82, 2.24) is 5.01 Å². The molecule has 6 heteroatoms. The molecule has 0 radical (unpaired) electrons. The lowest BCUT2D eigenvalue weighted by atomic mass is 9.97. The second kappa shape index (κ2) is 6.66. The van der Waals surface area contributed by atoms with Gasteiger partial charge in [0.25, 0.3) is 0 Å². The van der Waals surface area contributed by atoms with Gasteiger partial charge in [0, 0.05) is 27.5 Å². The lowest BCUT2D eigenvalue weighted by Crippen LogP contribution is -2.33. The van der Waals surface area contributed by atoms with Crippen LogP contribution in [0.4, 0.5) is 0 Å². The molecule has 0 aliphatic carbocycles. The van der Waals surface area contributed by atoms with Crippen molar-refractivity contribution >= 4 is 29.1 Å². The average Bonchev–Trinajstić information content (AvgIpc) is 3.37. The summed E-state index contributed by atoms with van der Waals surface area (Å²) in [6.45, 7) is 0. The quantitative estimate of drug-likeness (QED) is 0.517. The van der Waals surface area contributed by atoms with Gasteiger partial charge in [-0.05, 0) is 48.7 Å². The van der Waals surface area contributed by atoms with Gasteiger partial charge in [0.1, 0.15) is 17.2 Å². The van der Waals surface area contributed by atoms with Crippen molar-refractivity contribution in [3.63, 3.8) is 0 Å². The highest BCUT2D eigenvalue weighted by molar-refractivity contribution is 7.98. The Balaban J connectivity index is 1.59. The Bertz CT molecular complexity index is 1000. The van der Waals surface area contributed by atoms with Crippen molar-refractivity contribution in [2.45, 2.75) is 23.6 Å². The standard InChI is InChI=1S/C21H17ClN2O2S/c1-27-15-7-4-13(5-8-15)21-24-18(12-17(23-24)20-3-2-10-25-20)16-11-14(22)6-9-19(16)26-21/h2-11,18,21H,12H2,1H3/t18-,21+/m1/s1. The molecule has 0 amide bonds. The topological polar surface area (TPSA) is 38.0 Å². The van der Waals surface area contributed by atoms with E-state index in [9.17, 15) is 0 Å². The predicted octanol–water partition coefficient (Wildman–Crippen LogP) is 5.90. The van der Waals surface area contributed by atoms with Crippen molar-refractivity contribution in [2.24, 2.45) is 5.10 Å². The van der Waals surface area contributed by atoms with Crippen LogP contribution in [-0.4, -0.2) is 17.0 Å². The molecule has 2 aliphatic rings. The SMILES string of the molecule is CSc1ccc([C@@H]2Oc3ccc(Cl)cc3[C@H]3CC(c4ccco4)=NN32)cc1. The molecule has 0 unspecified atom stereocenters. The van der Waals surface area contributed by atoms with Gasteiger partial charge in [-0.15, -0.1) is 11.8 Å². The van der Waals surface area contributed by atoms with Crippen molar-refractivity contribution in [3.8, 4) is 5.75 Å². The van der Waals surface area contributed by atoms with Crippen LogP contribution in [0.1, 0.15) is 35.6 Å². The first kappa shape index (κ1) is 16.8. The Hall–Kier alpha value is -2.37. The van der Waals surface area contributed by atoms with Crippen molar-refractivity contribution in [1.29, 1.82) is 0 Å². The zero-order valence-corrected chi connectivity index (χ0v) is 16.2. The van der Waals surface area contributed by atoms with E-state index in [-0.39, 0.29) is 12.3 Å². The number of benzene rings is 2. The van der Waals surface area contributed by atoms with E-state index in [1.54, 1.807) is 18.0 Å². The van der Waals surface area contributed by atoms with Crippen molar-refractivity contribution in [2.75, 3.05) is 6.26 Å². The Labute approximate surface area is 166 Å². The summed E-state index contributed by atoms with van der Waals surface area (Å²) in [5.74, 6) is 1.65. The van der Waals surface area contributed by atoms with Gasteiger partial charge >= 0.3 is 0 Å². The fraction of sp³-hybridized carbons (Fsp3) is 0.190. The molecule has 0 saturated heterocycles. The molecule has 4 nitrogen and oxygen atoms in total. The van der Waals surface area contributed by atoms with Gasteiger partial charge in [-0.3, -0.25) is 0 Å². The number of hydrogen-bond acceptors (Lipinski definition) is 5. The third kappa shape index (κ3) is 2.91. The van der Waals surface area contributed by atoms with Crippen LogP contribution in [-0.2, 0) is 0 Å². The van der Waals surface area contributed by atoms with Gasteiger partial charge in [0.2, 0.25) is 6.23 Å². The van der Waals surface area contributed by atoms with E-state index in [0.29, 0.717) is 5.02 Å². The third-order valence-corrected chi connectivity index (χ3v) is 5.94. The van der Waals surface area contributed by atoms with Crippen LogP contribution < -0.4 is 4.74 Å². The number of fused-ring (bicyclic) bond motifs is 3. The van der Waals surface area contributed by atoms with E-state index in [1.165, 1.54) is 4.90 Å². The molecule has 2 atom stereocenters. The van der Waals surface area contributed by atoms with E-state index in [4.69, 9.17) is 25.9 Å². The molecule has 1 aromatic heterocycles. The molecule has 3 heterocycles. The highest BCUT2D eigenvalue weighted by Crippen LogP contribution is 2.48. The number of halogens is 1. The highest BCUT2D eigenvalue weighted by Gasteiger charge is 2.41. The van der Waals surface area contributed by atoms with Crippen LogP contribution in [0.25, 0.3) is 0 Å². The number of hydrazone groups is 1. The second-order valence-corrected chi connectivity index (χ2v) is 7.87. The Morgan fingerprint density at radius 3 is 2.74 bits per heavy atom. The van der Waals surface area contributed by atoms with Crippen LogP contribution >= 0.6 is 23.4 Å². The summed E-state index contributed by atoms with van der Waals surface area (Å²) < 4.78 is 11.9. The summed E-state index contributed by atoms with van der Waals surface area (Å²) in [6, 6.07) is 18.1. The summed E-state index contributed by atoms with van der Waals surface area (Å²) in [6.07, 6.45) is 4.22. The molecule has 27 heavy (non-hydrogen) atoms. The molecule has 136 valence electrons. The number of hydrogen-bond donors (Lipinski definition) is 0. The number of ether oxygens (including phenoxy) is 1. The molecule has 2 aromatic carbocycles. The number of nitrogens with zero attached hydrogens (tertiary/aromatic N) is 2. The van der Waals surface area contributed by atoms with Crippen LogP contribution in [0.3, 0.4) is 0 Å². The molecule has 0 fully saturated rings. The van der Waals surface area contributed by atoms with Gasteiger partial charge in [-0.2, -0.15) is 5.10 Å². The summed E-state index contributed by atoms with van der Waals surface area (Å²) in [5, 5.41) is 7.60. The Kier molecular flexibility index (Phi) is 4.14. The number of furan rings is 1. The van der Waals surface area contributed by atoms with E-state index in [2.05, 4.69) is 30.5 Å². The van der Waals surface area contributed by atoms with Crippen molar-refractivity contribution < 1.29 is 9.15 Å². The maximum atomic E-state index is 6.35. The maximum absolute atomic E-state index is 6.35. The zero-order chi connectivity index (χ0) is 18.4. The summed E-state index contributed by atoms with van der Waals surface area (Å²) in [4.78, 5) is 1.22. The molecule has 0 N–H and O–H groups in total. The van der Waals surface area contributed by atoms with E-state index < -0.39 is 0 Å². The van der Waals surface area contributed by atoms with E-state index in [0.717, 1.165) is 34.8 Å². The molecule has 0 spiro atoms. The molecule has 0 saturated carbocycles. The van der Waals surface area contributed by atoms with E-state index >= 15 is 0 Å². The molecule has 2 aliphatic heterocycles. The molecule has 5 rings (SSSR count). The fourth-order valence-electron chi connectivity index (χ4n) is 3.64. The molecular weight excluding hydrogens is 380 g/mol. The first-order valence-corrected chi connectivity index (χ1v) is 10.3. The highest BCUT2D eigenvalue weighted by atomic mass is 35.5. The van der Waals surface area contributed by atoms with Gasteiger partial charge in [0.15, 0.2) is 0 Å². The normalized spacial score (nSPS) is 20.7. The third-order valence-electron chi connectivity index (χ3n) is 4.96. The van der Waals surface area contributed by atoms with Crippen LogP contribution in [0.5, 0.6) is 5.75 Å².